The van der Waals surface area contributed by atoms with Gasteiger partial charge in [-0.25, -0.2) is 13.6 Å². The van der Waals surface area contributed by atoms with Gasteiger partial charge in [0.15, 0.2) is 11.5 Å². The SMILES string of the molecule is CCN(C)S(=O)(=O)NC(=O)c1cnn2ccc(N3CCCC3c3cc(F)cc4c3OCCCO4)cc12. The highest BCUT2D eigenvalue weighted by atomic mass is 32.2. The van der Waals surface area contributed by atoms with Crippen LogP contribution in [0.25, 0.3) is 5.52 Å². The average molecular weight is 518 g/mol. The first-order valence-corrected chi connectivity index (χ1v) is 13.3. The van der Waals surface area contributed by atoms with E-state index in [4.69, 9.17) is 9.47 Å². The molecule has 1 atom stereocenters. The van der Waals surface area contributed by atoms with Gasteiger partial charge < -0.3 is 14.4 Å². The molecule has 1 aromatic carbocycles. The number of pyridine rings is 1. The Morgan fingerprint density at radius 1 is 1.25 bits per heavy atom. The second-order valence-electron chi connectivity index (χ2n) is 8.85. The van der Waals surface area contributed by atoms with E-state index < -0.39 is 16.1 Å². The maximum absolute atomic E-state index is 14.5. The van der Waals surface area contributed by atoms with Crippen LogP contribution in [0.5, 0.6) is 11.5 Å². The van der Waals surface area contributed by atoms with E-state index in [9.17, 15) is 17.6 Å². The number of amides is 1. The molecule has 10 nitrogen and oxygen atoms in total. The number of anilines is 1. The standard InChI is InChI=1S/C24H28FN5O5S/c1-3-28(2)36(32,33)27-24(31)19-15-26-30-9-7-17(14-21(19)30)29-8-4-6-20(29)18-12-16(25)13-22-23(18)35-11-5-10-34-22/h7,9,12-15,20H,3-6,8,10-11H2,1-2H3,(H,27,31). The van der Waals surface area contributed by atoms with E-state index in [1.165, 1.54) is 29.9 Å². The van der Waals surface area contributed by atoms with Crippen LogP contribution >= 0.6 is 0 Å². The average Bonchev–Trinajstić information content (AvgIpc) is 3.44. The van der Waals surface area contributed by atoms with Gasteiger partial charge in [0.1, 0.15) is 5.82 Å². The number of hydrogen-bond donors (Lipinski definition) is 1. The Hall–Kier alpha value is -3.38. The molecular formula is C24H28FN5O5S. The molecule has 0 spiro atoms. The molecule has 1 unspecified atom stereocenters. The number of aromatic nitrogens is 2. The number of benzene rings is 1. The fourth-order valence-electron chi connectivity index (χ4n) is 4.66. The molecule has 1 fully saturated rings. The minimum atomic E-state index is -3.97. The van der Waals surface area contributed by atoms with Crippen LogP contribution in [-0.2, 0) is 10.2 Å². The van der Waals surface area contributed by atoms with E-state index in [1.54, 1.807) is 19.2 Å². The Balaban J connectivity index is 1.49. The van der Waals surface area contributed by atoms with E-state index in [1.807, 2.05) is 6.07 Å². The third kappa shape index (κ3) is 4.46. The molecule has 192 valence electrons. The number of hydrogen-bond acceptors (Lipinski definition) is 7. The summed E-state index contributed by atoms with van der Waals surface area (Å²) in [6.07, 6.45) is 5.45. The molecule has 2 aliphatic heterocycles. The van der Waals surface area contributed by atoms with Crippen LogP contribution < -0.4 is 19.1 Å². The van der Waals surface area contributed by atoms with E-state index in [0.717, 1.165) is 41.4 Å². The van der Waals surface area contributed by atoms with E-state index in [2.05, 4.69) is 14.7 Å². The van der Waals surface area contributed by atoms with Gasteiger partial charge in [0, 0.05) is 50.1 Å². The highest BCUT2D eigenvalue weighted by Crippen LogP contribution is 2.45. The molecule has 4 heterocycles. The predicted octanol–water partition coefficient (Wildman–Crippen LogP) is 2.90. The number of carbonyl (C=O) groups is 1. The summed E-state index contributed by atoms with van der Waals surface area (Å²) in [5.41, 5.74) is 2.13. The van der Waals surface area contributed by atoms with Gasteiger partial charge in [-0.05, 0) is 31.0 Å². The molecule has 36 heavy (non-hydrogen) atoms. The fourth-order valence-corrected chi connectivity index (χ4v) is 5.50. The van der Waals surface area contributed by atoms with E-state index in [0.29, 0.717) is 30.2 Å². The smallest absolute Gasteiger partial charge is 0.303 e. The van der Waals surface area contributed by atoms with Crippen LogP contribution in [0.3, 0.4) is 0 Å². The lowest BCUT2D eigenvalue weighted by atomic mass is 10.0. The van der Waals surface area contributed by atoms with Crippen molar-refractivity contribution < 1.29 is 27.1 Å². The van der Waals surface area contributed by atoms with Crippen LogP contribution in [0.2, 0.25) is 0 Å². The Kier molecular flexibility index (Phi) is 6.47. The molecule has 1 N–H and O–H groups in total. The highest BCUT2D eigenvalue weighted by molar-refractivity contribution is 7.87. The number of fused-ring (bicyclic) bond motifs is 2. The van der Waals surface area contributed by atoms with Crippen molar-refractivity contribution in [2.75, 3.05) is 38.3 Å². The Bertz CT molecular complexity index is 1410. The highest BCUT2D eigenvalue weighted by Gasteiger charge is 2.32. The lowest BCUT2D eigenvalue weighted by molar-refractivity contribution is 0.0981. The number of nitrogens with one attached hydrogen (secondary N) is 1. The van der Waals surface area contributed by atoms with Gasteiger partial charge in [0.25, 0.3) is 5.91 Å². The van der Waals surface area contributed by atoms with Gasteiger partial charge in [-0.15, -0.1) is 0 Å². The van der Waals surface area contributed by atoms with Gasteiger partial charge in [-0.1, -0.05) is 6.92 Å². The van der Waals surface area contributed by atoms with Gasteiger partial charge >= 0.3 is 10.2 Å². The molecule has 5 rings (SSSR count). The Labute approximate surface area is 208 Å². The largest absolute Gasteiger partial charge is 0.489 e. The molecule has 1 saturated heterocycles. The first kappa shape index (κ1) is 24.3. The molecule has 0 bridgehead atoms. The predicted molar refractivity (Wildman–Crippen MR) is 131 cm³/mol. The van der Waals surface area contributed by atoms with Crippen molar-refractivity contribution in [1.29, 1.82) is 0 Å². The Morgan fingerprint density at radius 2 is 2.06 bits per heavy atom. The van der Waals surface area contributed by atoms with E-state index in [-0.39, 0.29) is 24.0 Å². The minimum absolute atomic E-state index is 0.136. The molecule has 0 aliphatic carbocycles. The number of nitrogens with zero attached hydrogens (tertiary/aromatic N) is 4. The molecule has 0 saturated carbocycles. The first-order chi connectivity index (χ1) is 17.3. The van der Waals surface area contributed by atoms with Crippen LogP contribution in [0.15, 0.2) is 36.7 Å². The summed E-state index contributed by atoms with van der Waals surface area (Å²) in [7, 11) is -2.58. The first-order valence-electron chi connectivity index (χ1n) is 11.9. The number of ether oxygens (including phenoxy) is 2. The Morgan fingerprint density at radius 3 is 2.86 bits per heavy atom. The summed E-state index contributed by atoms with van der Waals surface area (Å²) in [5.74, 6) is -0.162. The molecular weight excluding hydrogens is 489 g/mol. The third-order valence-electron chi connectivity index (χ3n) is 6.61. The quantitative estimate of drug-likeness (QED) is 0.536. The normalized spacial score (nSPS) is 18.0. The zero-order valence-corrected chi connectivity index (χ0v) is 20.9. The maximum Gasteiger partial charge on any atom is 0.303 e. The monoisotopic (exact) mass is 517 g/mol. The molecule has 1 amide bonds. The molecule has 0 radical (unpaired) electrons. The van der Waals surface area contributed by atoms with Crippen LogP contribution in [0, 0.1) is 5.82 Å². The minimum Gasteiger partial charge on any atom is -0.489 e. The number of carbonyl (C=O) groups excluding carboxylic acids is 1. The van der Waals surface area contributed by atoms with Gasteiger partial charge in [-0.3, -0.25) is 4.79 Å². The van der Waals surface area contributed by atoms with Crippen LogP contribution in [-0.4, -0.2) is 61.6 Å². The number of halogens is 1. The molecule has 2 aliphatic rings. The number of rotatable bonds is 6. The van der Waals surface area contributed by atoms with Crippen LogP contribution in [0.4, 0.5) is 10.1 Å². The zero-order chi connectivity index (χ0) is 25.4. The van der Waals surface area contributed by atoms with Crippen molar-refractivity contribution >= 4 is 27.3 Å². The maximum atomic E-state index is 14.5. The van der Waals surface area contributed by atoms with Crippen molar-refractivity contribution in [1.82, 2.24) is 18.6 Å². The summed E-state index contributed by atoms with van der Waals surface area (Å²) in [6, 6.07) is 6.37. The molecule has 3 aromatic rings. The summed E-state index contributed by atoms with van der Waals surface area (Å²) in [4.78, 5) is 15.0. The fraction of sp³-hybridized carbons (Fsp3) is 0.417. The lowest BCUT2D eigenvalue weighted by Gasteiger charge is -2.29. The second-order valence-corrected chi connectivity index (χ2v) is 10.6. The summed E-state index contributed by atoms with van der Waals surface area (Å²) < 4.78 is 55.6. The van der Waals surface area contributed by atoms with Crippen molar-refractivity contribution in [3.63, 3.8) is 0 Å². The van der Waals surface area contributed by atoms with Crippen molar-refractivity contribution in [2.45, 2.75) is 32.2 Å². The van der Waals surface area contributed by atoms with Crippen molar-refractivity contribution in [3.05, 3.63) is 53.6 Å². The van der Waals surface area contributed by atoms with Crippen molar-refractivity contribution in [3.8, 4) is 11.5 Å². The van der Waals surface area contributed by atoms with Gasteiger partial charge in [-0.2, -0.15) is 17.8 Å². The summed E-state index contributed by atoms with van der Waals surface area (Å²) >= 11 is 0. The van der Waals surface area contributed by atoms with Crippen LogP contribution in [0.1, 0.15) is 48.1 Å². The topological polar surface area (TPSA) is 105 Å². The summed E-state index contributed by atoms with van der Waals surface area (Å²) in [5, 5.41) is 4.20. The zero-order valence-electron chi connectivity index (χ0n) is 20.1. The third-order valence-corrected chi connectivity index (χ3v) is 8.13. The molecule has 12 heteroatoms. The second kappa shape index (κ2) is 9.58. The van der Waals surface area contributed by atoms with Crippen molar-refractivity contribution in [2.24, 2.45) is 0 Å². The lowest BCUT2D eigenvalue weighted by Crippen LogP contribution is -2.41. The van der Waals surface area contributed by atoms with Gasteiger partial charge in [0.05, 0.1) is 36.5 Å². The van der Waals surface area contributed by atoms with Gasteiger partial charge in [0.2, 0.25) is 0 Å². The van der Waals surface area contributed by atoms with E-state index >= 15 is 0 Å². The summed E-state index contributed by atoms with van der Waals surface area (Å²) in [6.45, 7) is 3.58. The molecule has 2 aromatic heterocycles.